The number of H-pyrrole nitrogens is 1. The molecule has 1 amide bonds. The number of aromatic nitrogens is 3. The van der Waals surface area contributed by atoms with E-state index in [1.54, 1.807) is 13.0 Å². The highest BCUT2D eigenvalue weighted by molar-refractivity contribution is 8.00. The van der Waals surface area contributed by atoms with Crippen molar-refractivity contribution in [1.29, 1.82) is 0 Å². The number of anilines is 1. The Morgan fingerprint density at radius 3 is 2.93 bits per heavy atom. The number of hydrogen-bond donors (Lipinski definition) is 2. The molecule has 140 valence electrons. The lowest BCUT2D eigenvalue weighted by atomic mass is 10.2. The normalized spacial score (nSPS) is 12.0. The zero-order chi connectivity index (χ0) is 19.6. The summed E-state index contributed by atoms with van der Waals surface area (Å²) >= 11 is 7.06. The summed E-state index contributed by atoms with van der Waals surface area (Å²) in [5, 5.41) is 14.2. The number of ether oxygens (including phenoxy) is 1. The number of nitrogens with zero attached hydrogens (tertiary/aromatic N) is 3. The third-order valence-corrected chi connectivity index (χ3v) is 4.79. The van der Waals surface area contributed by atoms with E-state index in [1.807, 2.05) is 0 Å². The average molecular weight is 408 g/mol. The van der Waals surface area contributed by atoms with Gasteiger partial charge >= 0.3 is 0 Å². The molecule has 27 heavy (non-hydrogen) atoms. The van der Waals surface area contributed by atoms with Crippen LogP contribution in [0, 0.1) is 10.1 Å². The number of fused-ring (bicyclic) bond motifs is 1. The average Bonchev–Trinajstić information content (AvgIpc) is 3.02. The number of pyridine rings is 1. The monoisotopic (exact) mass is 407 g/mol. The molecule has 0 saturated carbocycles. The zero-order valence-corrected chi connectivity index (χ0v) is 15.8. The van der Waals surface area contributed by atoms with Gasteiger partial charge < -0.3 is 15.0 Å². The fourth-order valence-corrected chi connectivity index (χ4v) is 3.23. The molecule has 0 radical (unpaired) electrons. The van der Waals surface area contributed by atoms with E-state index in [0.717, 1.165) is 0 Å². The van der Waals surface area contributed by atoms with E-state index in [1.165, 1.54) is 43.3 Å². The maximum atomic E-state index is 12.5. The van der Waals surface area contributed by atoms with E-state index in [2.05, 4.69) is 20.3 Å². The minimum absolute atomic E-state index is 0.0938. The van der Waals surface area contributed by atoms with E-state index in [-0.39, 0.29) is 11.4 Å². The van der Waals surface area contributed by atoms with Gasteiger partial charge in [-0.15, -0.1) is 0 Å². The minimum Gasteiger partial charge on any atom is -0.496 e. The predicted molar refractivity (Wildman–Crippen MR) is 102 cm³/mol. The SMILES string of the molecule is COc1ccc(NC(=O)[C@H](C)Sc2nc3ncc(Cl)cc3[nH]2)c([N+](=O)[O-])c1. The number of nitrogens with one attached hydrogen (secondary N) is 2. The molecule has 3 rings (SSSR count). The Balaban J connectivity index is 1.74. The Labute approximate surface area is 162 Å². The largest absolute Gasteiger partial charge is 0.496 e. The van der Waals surface area contributed by atoms with Crippen LogP contribution in [-0.2, 0) is 4.79 Å². The summed E-state index contributed by atoms with van der Waals surface area (Å²) in [6, 6.07) is 5.91. The number of benzene rings is 1. The molecule has 0 spiro atoms. The summed E-state index contributed by atoms with van der Waals surface area (Å²) in [7, 11) is 1.41. The second kappa shape index (κ2) is 7.80. The first-order valence-corrected chi connectivity index (χ1v) is 8.94. The molecule has 2 aromatic heterocycles. The van der Waals surface area contributed by atoms with Crippen molar-refractivity contribution in [1.82, 2.24) is 15.0 Å². The lowest BCUT2D eigenvalue weighted by Gasteiger charge is -2.11. The van der Waals surface area contributed by atoms with E-state index >= 15 is 0 Å². The number of thioether (sulfide) groups is 1. The smallest absolute Gasteiger partial charge is 0.296 e. The fourth-order valence-electron chi connectivity index (χ4n) is 2.26. The quantitative estimate of drug-likeness (QED) is 0.363. The van der Waals surface area contributed by atoms with Crippen molar-refractivity contribution in [3.05, 3.63) is 45.6 Å². The van der Waals surface area contributed by atoms with Crippen LogP contribution in [-0.4, -0.2) is 38.1 Å². The van der Waals surface area contributed by atoms with Crippen LogP contribution in [0.2, 0.25) is 5.02 Å². The van der Waals surface area contributed by atoms with Gasteiger partial charge in [-0.05, 0) is 25.1 Å². The second-order valence-corrected chi connectivity index (χ2v) is 7.22. The number of aromatic amines is 1. The highest BCUT2D eigenvalue weighted by Crippen LogP contribution is 2.30. The van der Waals surface area contributed by atoms with Crippen LogP contribution >= 0.6 is 23.4 Å². The first-order chi connectivity index (χ1) is 12.9. The van der Waals surface area contributed by atoms with Crippen molar-refractivity contribution in [2.75, 3.05) is 12.4 Å². The van der Waals surface area contributed by atoms with Crippen molar-refractivity contribution in [2.24, 2.45) is 0 Å². The number of nitro groups is 1. The van der Waals surface area contributed by atoms with Crippen LogP contribution in [0.5, 0.6) is 5.75 Å². The molecule has 0 bridgehead atoms. The molecular weight excluding hydrogens is 394 g/mol. The number of rotatable bonds is 6. The summed E-state index contributed by atoms with van der Waals surface area (Å²) in [6.07, 6.45) is 1.48. The summed E-state index contributed by atoms with van der Waals surface area (Å²) in [5.41, 5.74) is 0.988. The maximum Gasteiger partial charge on any atom is 0.296 e. The number of halogens is 1. The Hall–Kier alpha value is -2.85. The molecule has 1 aromatic carbocycles. The van der Waals surface area contributed by atoms with Gasteiger partial charge in [0.15, 0.2) is 10.8 Å². The van der Waals surface area contributed by atoms with Gasteiger partial charge in [-0.1, -0.05) is 23.4 Å². The second-order valence-electron chi connectivity index (χ2n) is 5.46. The van der Waals surface area contributed by atoms with Gasteiger partial charge in [-0.25, -0.2) is 9.97 Å². The van der Waals surface area contributed by atoms with Crippen molar-refractivity contribution in [3.8, 4) is 5.75 Å². The zero-order valence-electron chi connectivity index (χ0n) is 14.2. The van der Waals surface area contributed by atoms with Crippen LogP contribution in [0.3, 0.4) is 0 Å². The summed E-state index contributed by atoms with van der Waals surface area (Å²) in [6.45, 7) is 1.67. The first kappa shape index (κ1) is 18.9. The van der Waals surface area contributed by atoms with Crippen molar-refractivity contribution < 1.29 is 14.5 Å². The van der Waals surface area contributed by atoms with Crippen molar-refractivity contribution in [2.45, 2.75) is 17.3 Å². The molecule has 0 aliphatic carbocycles. The standard InChI is InChI=1S/C16H14ClN5O4S/c1-8(27-16-20-12-5-9(17)7-18-14(12)21-16)15(23)19-11-4-3-10(26-2)6-13(11)22(24)25/h3-8H,1-2H3,(H,19,23)(H,18,20,21)/t8-/m0/s1. The number of carbonyl (C=O) groups excluding carboxylic acids is 1. The lowest BCUT2D eigenvalue weighted by Crippen LogP contribution is -2.23. The third kappa shape index (κ3) is 4.29. The lowest BCUT2D eigenvalue weighted by molar-refractivity contribution is -0.384. The third-order valence-electron chi connectivity index (χ3n) is 3.60. The molecule has 9 nitrogen and oxygen atoms in total. The maximum absolute atomic E-state index is 12.5. The van der Waals surface area contributed by atoms with E-state index in [9.17, 15) is 14.9 Å². The molecule has 0 saturated heterocycles. The fraction of sp³-hybridized carbons (Fsp3) is 0.188. The number of nitro benzene ring substituents is 1. The molecule has 0 unspecified atom stereocenters. The van der Waals surface area contributed by atoms with E-state index in [4.69, 9.17) is 16.3 Å². The molecule has 11 heteroatoms. The van der Waals surface area contributed by atoms with E-state index in [0.29, 0.717) is 27.1 Å². The summed E-state index contributed by atoms with van der Waals surface area (Å²) in [5.74, 6) is -0.0738. The van der Waals surface area contributed by atoms with Crippen LogP contribution < -0.4 is 10.1 Å². The van der Waals surface area contributed by atoms with Crippen LogP contribution in [0.1, 0.15) is 6.92 Å². The molecule has 2 heterocycles. The minimum atomic E-state index is -0.579. The Morgan fingerprint density at radius 2 is 2.22 bits per heavy atom. The highest BCUT2D eigenvalue weighted by Gasteiger charge is 2.22. The Morgan fingerprint density at radius 1 is 1.44 bits per heavy atom. The molecular formula is C16H14ClN5O4S. The topological polar surface area (TPSA) is 123 Å². The number of methoxy groups -OCH3 is 1. The highest BCUT2D eigenvalue weighted by atomic mass is 35.5. The van der Waals surface area contributed by atoms with E-state index < -0.39 is 16.1 Å². The number of hydrogen-bond acceptors (Lipinski definition) is 7. The van der Waals surface area contributed by atoms with Gasteiger partial charge in [0.1, 0.15) is 11.4 Å². The predicted octanol–water partition coefficient (Wildman–Crippen LogP) is 3.65. The first-order valence-electron chi connectivity index (χ1n) is 7.68. The van der Waals surface area contributed by atoms with Crippen molar-refractivity contribution >= 4 is 51.8 Å². The van der Waals surface area contributed by atoms with Crippen molar-refractivity contribution in [3.63, 3.8) is 0 Å². The van der Waals surface area contributed by atoms with Crippen LogP contribution in [0.4, 0.5) is 11.4 Å². The Kier molecular flexibility index (Phi) is 5.47. The van der Waals surface area contributed by atoms with Crippen LogP contribution in [0.15, 0.2) is 35.6 Å². The summed E-state index contributed by atoms with van der Waals surface area (Å²) in [4.78, 5) is 34.5. The Bertz CT molecular complexity index is 1030. The van der Waals surface area contributed by atoms with Gasteiger partial charge in [-0.3, -0.25) is 14.9 Å². The number of amides is 1. The molecule has 2 N–H and O–H groups in total. The molecule has 0 aliphatic heterocycles. The number of carbonyl (C=O) groups is 1. The molecule has 3 aromatic rings. The van der Waals surface area contributed by atoms with Gasteiger partial charge in [0.05, 0.1) is 33.9 Å². The van der Waals surface area contributed by atoms with Gasteiger partial charge in [0.25, 0.3) is 5.69 Å². The molecule has 0 aliphatic rings. The van der Waals surface area contributed by atoms with Crippen LogP contribution in [0.25, 0.3) is 11.2 Å². The molecule has 0 fully saturated rings. The van der Waals surface area contributed by atoms with Gasteiger partial charge in [-0.2, -0.15) is 0 Å². The summed E-state index contributed by atoms with van der Waals surface area (Å²) < 4.78 is 4.98. The molecule has 1 atom stereocenters. The number of imidazole rings is 1. The van der Waals surface area contributed by atoms with Gasteiger partial charge in [0.2, 0.25) is 5.91 Å². The van der Waals surface area contributed by atoms with Gasteiger partial charge in [0, 0.05) is 6.20 Å².